The summed E-state index contributed by atoms with van der Waals surface area (Å²) in [6.45, 7) is 3.59. The minimum atomic E-state index is -0.790. The molecule has 5 heteroatoms. The first kappa shape index (κ1) is 16.3. The maximum absolute atomic E-state index is 12.3. The van der Waals surface area contributed by atoms with Gasteiger partial charge in [0.05, 0.1) is 6.42 Å². The molecule has 0 aromatic carbocycles. The highest BCUT2D eigenvalue weighted by Crippen LogP contribution is 2.44. The van der Waals surface area contributed by atoms with Crippen LogP contribution < -0.4 is 5.32 Å². The normalized spacial score (nSPS) is 23.7. The van der Waals surface area contributed by atoms with Gasteiger partial charge in [-0.15, -0.1) is 0 Å². The van der Waals surface area contributed by atoms with Gasteiger partial charge in [-0.3, -0.25) is 9.59 Å². The van der Waals surface area contributed by atoms with Crippen molar-refractivity contribution >= 4 is 11.9 Å². The average Bonchev–Trinajstić information content (AvgIpc) is 2.86. The Morgan fingerprint density at radius 2 is 1.86 bits per heavy atom. The molecular weight excluding hydrogens is 270 g/mol. The van der Waals surface area contributed by atoms with Gasteiger partial charge in [-0.1, -0.05) is 12.8 Å². The molecule has 1 aliphatic heterocycles. The number of carboxylic acids is 1. The first-order valence-electron chi connectivity index (χ1n) is 8.10. The summed E-state index contributed by atoms with van der Waals surface area (Å²) in [6, 6.07) is 0.143. The Morgan fingerprint density at radius 1 is 1.24 bits per heavy atom. The molecule has 5 nitrogen and oxygen atoms in total. The Bertz CT molecular complexity index is 370. The minimum Gasteiger partial charge on any atom is -0.481 e. The molecule has 1 saturated heterocycles. The number of carbonyl (C=O) groups is 2. The lowest BCUT2D eigenvalue weighted by molar-refractivity contribution is -0.140. The summed E-state index contributed by atoms with van der Waals surface area (Å²) in [7, 11) is 0. The number of carbonyl (C=O) groups excluding carboxylic acids is 1. The van der Waals surface area contributed by atoms with Crippen LogP contribution in [0.3, 0.4) is 0 Å². The molecule has 120 valence electrons. The van der Waals surface area contributed by atoms with Crippen molar-refractivity contribution in [1.82, 2.24) is 5.32 Å². The van der Waals surface area contributed by atoms with E-state index in [0.29, 0.717) is 12.3 Å². The lowest BCUT2D eigenvalue weighted by Crippen LogP contribution is -2.42. The van der Waals surface area contributed by atoms with Crippen LogP contribution in [0.5, 0.6) is 0 Å². The highest BCUT2D eigenvalue weighted by Gasteiger charge is 2.38. The van der Waals surface area contributed by atoms with Gasteiger partial charge in [0.25, 0.3) is 0 Å². The minimum absolute atomic E-state index is 0.0112. The quantitative estimate of drug-likeness (QED) is 0.789. The molecule has 1 heterocycles. The first-order valence-corrected chi connectivity index (χ1v) is 8.10. The summed E-state index contributed by atoms with van der Waals surface area (Å²) in [4.78, 5) is 23.4. The molecule has 1 amide bonds. The third-order valence-electron chi connectivity index (χ3n) is 5.09. The van der Waals surface area contributed by atoms with Gasteiger partial charge in [-0.05, 0) is 43.9 Å². The van der Waals surface area contributed by atoms with Crippen molar-refractivity contribution in [2.45, 2.75) is 64.3 Å². The summed E-state index contributed by atoms with van der Waals surface area (Å²) in [5.74, 6) is -0.305. The van der Waals surface area contributed by atoms with Crippen LogP contribution in [-0.4, -0.2) is 36.2 Å². The number of hydrogen-bond donors (Lipinski definition) is 2. The van der Waals surface area contributed by atoms with Crippen molar-refractivity contribution < 1.29 is 19.4 Å². The number of nitrogens with one attached hydrogen (secondary N) is 1. The zero-order valence-electron chi connectivity index (χ0n) is 12.9. The second-order valence-electron chi connectivity index (χ2n) is 6.76. The van der Waals surface area contributed by atoms with E-state index in [-0.39, 0.29) is 23.8 Å². The topological polar surface area (TPSA) is 75.6 Å². The average molecular weight is 297 g/mol. The van der Waals surface area contributed by atoms with E-state index < -0.39 is 5.97 Å². The molecule has 1 atom stereocenters. The summed E-state index contributed by atoms with van der Waals surface area (Å²) < 4.78 is 5.34. The van der Waals surface area contributed by atoms with E-state index in [1.54, 1.807) is 0 Å². The molecule has 0 aromatic heterocycles. The van der Waals surface area contributed by atoms with Crippen LogP contribution >= 0.6 is 0 Å². The largest absolute Gasteiger partial charge is 0.481 e. The summed E-state index contributed by atoms with van der Waals surface area (Å²) in [6.07, 6.45) is 6.24. The second-order valence-corrected chi connectivity index (χ2v) is 6.76. The van der Waals surface area contributed by atoms with Crippen LogP contribution in [-0.2, 0) is 14.3 Å². The number of hydrogen-bond acceptors (Lipinski definition) is 3. The highest BCUT2D eigenvalue weighted by molar-refractivity contribution is 5.78. The summed E-state index contributed by atoms with van der Waals surface area (Å²) >= 11 is 0. The van der Waals surface area contributed by atoms with Gasteiger partial charge in [0, 0.05) is 25.7 Å². The van der Waals surface area contributed by atoms with Crippen molar-refractivity contribution in [1.29, 1.82) is 0 Å². The number of carboxylic acid groups (broad SMARTS) is 1. The molecule has 2 fully saturated rings. The van der Waals surface area contributed by atoms with E-state index in [1.807, 2.05) is 6.92 Å². The van der Waals surface area contributed by atoms with Crippen LogP contribution in [0, 0.1) is 11.3 Å². The summed E-state index contributed by atoms with van der Waals surface area (Å²) in [5.41, 5.74) is -0.314. The Hall–Kier alpha value is -1.10. The van der Waals surface area contributed by atoms with Gasteiger partial charge < -0.3 is 15.2 Å². The van der Waals surface area contributed by atoms with Gasteiger partial charge in [0.15, 0.2) is 0 Å². The van der Waals surface area contributed by atoms with E-state index in [0.717, 1.165) is 51.7 Å². The van der Waals surface area contributed by atoms with Crippen molar-refractivity contribution in [2.24, 2.45) is 11.3 Å². The van der Waals surface area contributed by atoms with Crippen molar-refractivity contribution in [3.63, 3.8) is 0 Å². The maximum atomic E-state index is 12.3. The molecule has 0 spiro atoms. The Kier molecular flexibility index (Phi) is 5.62. The van der Waals surface area contributed by atoms with Gasteiger partial charge in [-0.25, -0.2) is 0 Å². The summed E-state index contributed by atoms with van der Waals surface area (Å²) in [5, 5.41) is 12.2. The standard InChI is InChI=1S/C16H27NO4/c1-12(13-4-8-21-9-5-13)17-14(18)10-16(11-15(19)20)6-2-3-7-16/h12-13H,2-11H2,1H3,(H,17,18)(H,19,20). The number of aliphatic carboxylic acids is 1. The predicted octanol–water partition coefficient (Wildman–Crippen LogP) is 2.34. The van der Waals surface area contributed by atoms with E-state index in [9.17, 15) is 9.59 Å². The molecule has 0 radical (unpaired) electrons. The van der Waals surface area contributed by atoms with Crippen molar-refractivity contribution in [2.75, 3.05) is 13.2 Å². The number of amides is 1. The van der Waals surface area contributed by atoms with E-state index in [1.165, 1.54) is 0 Å². The molecule has 2 rings (SSSR count). The van der Waals surface area contributed by atoms with Crippen molar-refractivity contribution in [3.8, 4) is 0 Å². The first-order chi connectivity index (χ1) is 10.0. The van der Waals surface area contributed by atoms with E-state index >= 15 is 0 Å². The Morgan fingerprint density at radius 3 is 2.43 bits per heavy atom. The molecular formula is C16H27NO4. The lowest BCUT2D eigenvalue weighted by Gasteiger charge is -2.31. The van der Waals surface area contributed by atoms with Gasteiger partial charge in [0.1, 0.15) is 0 Å². The molecule has 2 aliphatic rings. The number of rotatable bonds is 6. The predicted molar refractivity (Wildman–Crippen MR) is 78.9 cm³/mol. The fourth-order valence-corrected chi connectivity index (χ4v) is 3.84. The number of ether oxygens (including phenoxy) is 1. The van der Waals surface area contributed by atoms with E-state index in [2.05, 4.69) is 5.32 Å². The van der Waals surface area contributed by atoms with Crippen LogP contribution in [0.1, 0.15) is 58.3 Å². The fourth-order valence-electron chi connectivity index (χ4n) is 3.84. The highest BCUT2D eigenvalue weighted by atomic mass is 16.5. The van der Waals surface area contributed by atoms with Crippen LogP contribution in [0.4, 0.5) is 0 Å². The smallest absolute Gasteiger partial charge is 0.303 e. The third kappa shape index (κ3) is 4.70. The zero-order valence-corrected chi connectivity index (χ0v) is 12.9. The molecule has 21 heavy (non-hydrogen) atoms. The molecule has 0 aromatic rings. The molecule has 0 bridgehead atoms. The molecule has 1 unspecified atom stereocenters. The van der Waals surface area contributed by atoms with Crippen LogP contribution in [0.15, 0.2) is 0 Å². The van der Waals surface area contributed by atoms with Crippen molar-refractivity contribution in [3.05, 3.63) is 0 Å². The third-order valence-corrected chi connectivity index (χ3v) is 5.09. The second kappa shape index (κ2) is 7.25. The maximum Gasteiger partial charge on any atom is 0.303 e. The monoisotopic (exact) mass is 297 g/mol. The van der Waals surface area contributed by atoms with Gasteiger partial charge >= 0.3 is 5.97 Å². The Balaban J connectivity index is 1.85. The molecule has 1 saturated carbocycles. The van der Waals surface area contributed by atoms with E-state index in [4.69, 9.17) is 9.84 Å². The van der Waals surface area contributed by atoms with Gasteiger partial charge in [-0.2, -0.15) is 0 Å². The SMILES string of the molecule is CC(NC(=O)CC1(CC(=O)O)CCCC1)C1CCOCC1. The molecule has 2 N–H and O–H groups in total. The van der Waals surface area contributed by atoms with Gasteiger partial charge in [0.2, 0.25) is 5.91 Å². The molecule has 1 aliphatic carbocycles. The van der Waals surface area contributed by atoms with Crippen LogP contribution in [0.2, 0.25) is 0 Å². The zero-order chi connectivity index (χ0) is 15.3. The Labute approximate surface area is 126 Å². The van der Waals surface area contributed by atoms with Crippen LogP contribution in [0.25, 0.3) is 0 Å². The fraction of sp³-hybridized carbons (Fsp3) is 0.875. The lowest BCUT2D eigenvalue weighted by atomic mass is 9.79.